The summed E-state index contributed by atoms with van der Waals surface area (Å²) in [5.41, 5.74) is 0. The van der Waals surface area contributed by atoms with Gasteiger partial charge in [-0.15, -0.1) is 0 Å². The van der Waals surface area contributed by atoms with E-state index >= 15 is 0 Å². The molecule has 50 heavy (non-hydrogen) atoms. The van der Waals surface area contributed by atoms with Crippen LogP contribution in [-0.2, 0) is 28.6 Å². The fourth-order valence-electron chi connectivity index (χ4n) is 6.50. The number of unbranched alkanes of at least 4 members (excludes halogenated alkanes) is 29. The molecule has 0 saturated carbocycles. The minimum atomic E-state index is -0.756. The number of carbonyl (C=O) groups excluding carboxylic acids is 3. The first kappa shape index (κ1) is 48.4. The first-order valence-corrected chi connectivity index (χ1v) is 22.0. The van der Waals surface area contributed by atoms with Crippen LogP contribution in [0.25, 0.3) is 0 Å². The zero-order chi connectivity index (χ0) is 36.6. The summed E-state index contributed by atoms with van der Waals surface area (Å²) in [6.45, 7) is 6.62. The fourth-order valence-corrected chi connectivity index (χ4v) is 6.50. The fraction of sp³-hybridized carbons (Fsp3) is 0.932. The molecule has 0 heterocycles. The second-order valence-corrected chi connectivity index (χ2v) is 15.0. The van der Waals surface area contributed by atoms with Gasteiger partial charge in [-0.25, -0.2) is 0 Å². The quantitative estimate of drug-likeness (QED) is 0.0358. The Morgan fingerprint density at radius 1 is 0.320 bits per heavy atom. The molecule has 0 aromatic rings. The van der Waals surface area contributed by atoms with Gasteiger partial charge in [-0.1, -0.05) is 207 Å². The van der Waals surface area contributed by atoms with Crippen LogP contribution < -0.4 is 0 Å². The third-order valence-electron chi connectivity index (χ3n) is 9.86. The van der Waals surface area contributed by atoms with Crippen molar-refractivity contribution in [1.82, 2.24) is 0 Å². The molecule has 0 saturated heterocycles. The van der Waals surface area contributed by atoms with E-state index in [4.69, 9.17) is 14.2 Å². The molecule has 0 unspecified atom stereocenters. The monoisotopic (exact) mass is 709 g/mol. The summed E-state index contributed by atoms with van der Waals surface area (Å²) in [4.78, 5) is 37.6. The number of rotatable bonds is 40. The minimum Gasteiger partial charge on any atom is -0.462 e. The van der Waals surface area contributed by atoms with E-state index in [9.17, 15) is 14.4 Å². The maximum absolute atomic E-state index is 12.6. The van der Waals surface area contributed by atoms with Gasteiger partial charge >= 0.3 is 17.9 Å². The predicted molar refractivity (Wildman–Crippen MR) is 210 cm³/mol. The molecule has 0 spiro atoms. The van der Waals surface area contributed by atoms with Crippen molar-refractivity contribution in [2.75, 3.05) is 13.2 Å². The first-order chi connectivity index (χ1) is 24.5. The van der Waals surface area contributed by atoms with Crippen LogP contribution >= 0.6 is 0 Å². The van der Waals surface area contributed by atoms with Gasteiger partial charge in [-0.05, 0) is 19.3 Å². The molecule has 0 aromatic heterocycles. The summed E-state index contributed by atoms with van der Waals surface area (Å²) in [6.07, 6.45) is 39.4. The van der Waals surface area contributed by atoms with Crippen LogP contribution in [0.15, 0.2) is 0 Å². The Kier molecular flexibility index (Phi) is 38.9. The van der Waals surface area contributed by atoms with Crippen LogP contribution in [0.4, 0.5) is 0 Å². The van der Waals surface area contributed by atoms with E-state index < -0.39 is 6.10 Å². The van der Waals surface area contributed by atoms with Crippen molar-refractivity contribution in [2.24, 2.45) is 0 Å². The average molecular weight is 709 g/mol. The molecule has 0 aliphatic carbocycles. The number of hydrogen-bond acceptors (Lipinski definition) is 6. The summed E-state index contributed by atoms with van der Waals surface area (Å²) < 4.78 is 16.7. The van der Waals surface area contributed by atoms with Crippen LogP contribution in [0, 0.1) is 0 Å². The zero-order valence-corrected chi connectivity index (χ0v) is 33.7. The van der Waals surface area contributed by atoms with Crippen molar-refractivity contribution in [3.63, 3.8) is 0 Å². The Bertz CT molecular complexity index is 738. The molecule has 0 fully saturated rings. The van der Waals surface area contributed by atoms with Gasteiger partial charge in [0.05, 0.1) is 0 Å². The zero-order valence-electron chi connectivity index (χ0n) is 33.7. The molecule has 0 aliphatic heterocycles. The highest BCUT2D eigenvalue weighted by molar-refractivity contribution is 5.71. The van der Waals surface area contributed by atoms with Gasteiger partial charge in [-0.2, -0.15) is 0 Å². The standard InChI is InChI=1S/C44H84O6/c1-4-7-10-13-16-19-22-23-26-28-31-34-37-43(46)49-40-41(50-44(47)38-35-32-29-25-21-18-15-12-9-6-3)39-48-42(45)36-33-30-27-24-20-17-14-11-8-5-2/h41H,4-40H2,1-3H3/t41-/m0/s1. The summed E-state index contributed by atoms with van der Waals surface area (Å²) in [5, 5.41) is 0. The number of hydrogen-bond donors (Lipinski definition) is 0. The molecule has 0 aliphatic rings. The van der Waals surface area contributed by atoms with Crippen LogP contribution in [0.3, 0.4) is 0 Å². The molecule has 6 heteroatoms. The highest BCUT2D eigenvalue weighted by atomic mass is 16.6. The Hall–Kier alpha value is -1.59. The Morgan fingerprint density at radius 3 is 0.800 bits per heavy atom. The van der Waals surface area contributed by atoms with Crippen molar-refractivity contribution in [3.05, 3.63) is 0 Å². The lowest BCUT2D eigenvalue weighted by atomic mass is 10.0. The lowest BCUT2D eigenvalue weighted by Crippen LogP contribution is -2.30. The van der Waals surface area contributed by atoms with Gasteiger partial charge in [0.1, 0.15) is 13.2 Å². The Labute approximate surface area is 310 Å². The molecule has 0 bridgehead atoms. The lowest BCUT2D eigenvalue weighted by molar-refractivity contribution is -0.167. The minimum absolute atomic E-state index is 0.0631. The van der Waals surface area contributed by atoms with Crippen molar-refractivity contribution >= 4 is 17.9 Å². The second kappa shape index (κ2) is 40.2. The van der Waals surface area contributed by atoms with Crippen molar-refractivity contribution in [3.8, 4) is 0 Å². The molecule has 1 atom stereocenters. The molecule has 296 valence electrons. The van der Waals surface area contributed by atoms with Crippen LogP contribution in [0.1, 0.15) is 245 Å². The molecule has 0 aromatic carbocycles. The van der Waals surface area contributed by atoms with Gasteiger partial charge < -0.3 is 14.2 Å². The average Bonchev–Trinajstić information content (AvgIpc) is 3.11. The second-order valence-electron chi connectivity index (χ2n) is 15.0. The Balaban J connectivity index is 4.32. The molecule has 0 amide bonds. The van der Waals surface area contributed by atoms with Crippen molar-refractivity contribution in [1.29, 1.82) is 0 Å². The van der Waals surface area contributed by atoms with Gasteiger partial charge in [-0.3, -0.25) is 14.4 Å². The van der Waals surface area contributed by atoms with Crippen LogP contribution in [0.2, 0.25) is 0 Å². The maximum Gasteiger partial charge on any atom is 0.306 e. The SMILES string of the molecule is CCCCCCCCCCCCCCC(=O)OC[C@H](COC(=O)CCCCCCCCCCCC)OC(=O)CCCCCCCCCCCC. The number of esters is 3. The van der Waals surface area contributed by atoms with E-state index in [1.807, 2.05) is 0 Å². The summed E-state index contributed by atoms with van der Waals surface area (Å²) in [6, 6.07) is 0. The third-order valence-corrected chi connectivity index (χ3v) is 9.86. The molecular weight excluding hydrogens is 624 g/mol. The largest absolute Gasteiger partial charge is 0.462 e. The topological polar surface area (TPSA) is 78.9 Å². The van der Waals surface area contributed by atoms with Crippen molar-refractivity contribution in [2.45, 2.75) is 252 Å². The molecule has 6 nitrogen and oxygen atoms in total. The van der Waals surface area contributed by atoms with Crippen molar-refractivity contribution < 1.29 is 28.6 Å². The van der Waals surface area contributed by atoms with E-state index in [0.717, 1.165) is 57.8 Å². The van der Waals surface area contributed by atoms with E-state index in [1.54, 1.807) is 0 Å². The van der Waals surface area contributed by atoms with E-state index in [-0.39, 0.29) is 31.1 Å². The van der Waals surface area contributed by atoms with Gasteiger partial charge in [0.15, 0.2) is 6.10 Å². The summed E-state index contributed by atoms with van der Waals surface area (Å²) in [5.74, 6) is -0.857. The smallest absolute Gasteiger partial charge is 0.306 e. The molecular formula is C44H84O6. The number of ether oxygens (including phenoxy) is 3. The van der Waals surface area contributed by atoms with Crippen LogP contribution in [0.5, 0.6) is 0 Å². The summed E-state index contributed by atoms with van der Waals surface area (Å²) in [7, 11) is 0. The molecule has 0 rings (SSSR count). The molecule has 0 radical (unpaired) electrons. The van der Waals surface area contributed by atoms with E-state index in [1.165, 1.54) is 148 Å². The van der Waals surface area contributed by atoms with Gasteiger partial charge in [0, 0.05) is 19.3 Å². The van der Waals surface area contributed by atoms with E-state index in [0.29, 0.717) is 19.3 Å². The third kappa shape index (κ3) is 37.7. The predicted octanol–water partition coefficient (Wildman–Crippen LogP) is 13.7. The number of carbonyl (C=O) groups is 3. The highest BCUT2D eigenvalue weighted by Gasteiger charge is 2.19. The Morgan fingerprint density at radius 2 is 0.540 bits per heavy atom. The summed E-state index contributed by atoms with van der Waals surface area (Å²) >= 11 is 0. The highest BCUT2D eigenvalue weighted by Crippen LogP contribution is 2.15. The normalized spacial score (nSPS) is 11.8. The van der Waals surface area contributed by atoms with Gasteiger partial charge in [0.25, 0.3) is 0 Å². The van der Waals surface area contributed by atoms with E-state index in [2.05, 4.69) is 20.8 Å². The lowest BCUT2D eigenvalue weighted by Gasteiger charge is -2.18. The van der Waals surface area contributed by atoms with Crippen LogP contribution in [-0.4, -0.2) is 37.2 Å². The van der Waals surface area contributed by atoms with Gasteiger partial charge in [0.2, 0.25) is 0 Å². The maximum atomic E-state index is 12.6. The first-order valence-electron chi connectivity index (χ1n) is 22.0. The molecule has 0 N–H and O–H groups in total.